The van der Waals surface area contributed by atoms with E-state index >= 15 is 0 Å². The van der Waals surface area contributed by atoms with Gasteiger partial charge in [0.2, 0.25) is 0 Å². The smallest absolute Gasteiger partial charge is 0.308 e. The van der Waals surface area contributed by atoms with Crippen molar-refractivity contribution in [2.75, 3.05) is 0 Å². The van der Waals surface area contributed by atoms with E-state index in [4.69, 9.17) is 0 Å². The number of hydrogen-bond acceptors (Lipinski definition) is 6. The molecule has 1 rings (SSSR count). The summed E-state index contributed by atoms with van der Waals surface area (Å²) in [5.74, 6) is -0.941. The fourth-order valence-electron chi connectivity index (χ4n) is 1.00. The summed E-state index contributed by atoms with van der Waals surface area (Å²) < 4.78 is 4.55. The van der Waals surface area contributed by atoms with Gasteiger partial charge in [0.25, 0.3) is 11.4 Å². The molecule has 0 saturated heterocycles. The Hall–Kier alpha value is -2.51. The van der Waals surface area contributed by atoms with Gasteiger partial charge in [-0.2, -0.15) is 0 Å². The number of nitro groups is 2. The first kappa shape index (κ1) is 11.6. The van der Waals surface area contributed by atoms with Gasteiger partial charge in [0.05, 0.1) is 28.0 Å². The summed E-state index contributed by atoms with van der Waals surface area (Å²) in [7, 11) is 0. The zero-order chi connectivity index (χ0) is 12.3. The number of rotatable bonds is 3. The standard InChI is InChI=1S/C8H6N2O6/c1-5(11)16-8-3-6(9(12)13)2-7(4-8)10(14)15/h2-4H,1H3. The molecule has 0 unspecified atom stereocenters. The van der Waals surface area contributed by atoms with Gasteiger partial charge in [-0.1, -0.05) is 0 Å². The van der Waals surface area contributed by atoms with Crippen LogP contribution in [0.15, 0.2) is 18.2 Å². The predicted octanol–water partition coefficient (Wildman–Crippen LogP) is 1.43. The van der Waals surface area contributed by atoms with Crippen LogP contribution in [0, 0.1) is 20.2 Å². The Morgan fingerprint density at radius 3 is 1.88 bits per heavy atom. The van der Waals surface area contributed by atoms with Crippen LogP contribution in [0.25, 0.3) is 0 Å². The predicted molar refractivity (Wildman–Crippen MR) is 51.1 cm³/mol. The van der Waals surface area contributed by atoms with Crippen LogP contribution in [-0.4, -0.2) is 15.8 Å². The minimum atomic E-state index is -0.806. The highest BCUT2D eigenvalue weighted by Gasteiger charge is 2.17. The maximum atomic E-state index is 10.6. The first-order valence-electron chi connectivity index (χ1n) is 4.02. The molecule has 0 aromatic heterocycles. The monoisotopic (exact) mass is 226 g/mol. The summed E-state index contributed by atoms with van der Waals surface area (Å²) >= 11 is 0. The summed E-state index contributed by atoms with van der Waals surface area (Å²) in [6.07, 6.45) is 0. The third-order valence-corrected chi connectivity index (χ3v) is 1.56. The topological polar surface area (TPSA) is 113 Å². The van der Waals surface area contributed by atoms with Gasteiger partial charge in [-0.3, -0.25) is 25.0 Å². The van der Waals surface area contributed by atoms with Crippen molar-refractivity contribution in [1.82, 2.24) is 0 Å². The molecule has 8 heteroatoms. The molecule has 0 atom stereocenters. The lowest BCUT2D eigenvalue weighted by Crippen LogP contribution is -2.02. The minimum absolute atomic E-state index is 0.228. The maximum absolute atomic E-state index is 10.6. The van der Waals surface area contributed by atoms with Gasteiger partial charge in [0.15, 0.2) is 0 Å². The first-order chi connectivity index (χ1) is 7.40. The number of nitrogens with zero attached hydrogens (tertiary/aromatic N) is 2. The molecule has 0 radical (unpaired) electrons. The summed E-state index contributed by atoms with van der Waals surface area (Å²) in [4.78, 5) is 29.9. The molecule has 16 heavy (non-hydrogen) atoms. The second kappa shape index (κ2) is 4.34. The van der Waals surface area contributed by atoms with Crippen LogP contribution in [0.1, 0.15) is 6.92 Å². The van der Waals surface area contributed by atoms with Gasteiger partial charge < -0.3 is 4.74 Å². The van der Waals surface area contributed by atoms with Gasteiger partial charge in [-0.25, -0.2) is 0 Å². The molecule has 0 N–H and O–H groups in total. The number of non-ortho nitro benzene ring substituents is 2. The molecule has 84 valence electrons. The van der Waals surface area contributed by atoms with E-state index in [0.29, 0.717) is 0 Å². The SMILES string of the molecule is CC(=O)Oc1cc([N+](=O)[O-])cc([N+](=O)[O-])c1. The van der Waals surface area contributed by atoms with Crippen molar-refractivity contribution in [3.05, 3.63) is 38.4 Å². The number of carbonyl (C=O) groups excluding carboxylic acids is 1. The zero-order valence-corrected chi connectivity index (χ0v) is 8.08. The van der Waals surface area contributed by atoms with Crippen molar-refractivity contribution in [1.29, 1.82) is 0 Å². The highest BCUT2D eigenvalue weighted by atomic mass is 16.6. The third kappa shape index (κ3) is 2.74. The van der Waals surface area contributed by atoms with Gasteiger partial charge in [0.1, 0.15) is 5.75 Å². The molecule has 0 aliphatic carbocycles. The summed E-state index contributed by atoms with van der Waals surface area (Å²) in [6, 6.07) is 2.66. The lowest BCUT2D eigenvalue weighted by molar-refractivity contribution is -0.394. The van der Waals surface area contributed by atoms with E-state index in [-0.39, 0.29) is 5.75 Å². The Kier molecular flexibility index (Phi) is 3.14. The highest BCUT2D eigenvalue weighted by molar-refractivity contribution is 5.70. The van der Waals surface area contributed by atoms with E-state index in [9.17, 15) is 25.0 Å². The number of carbonyl (C=O) groups is 1. The van der Waals surface area contributed by atoms with E-state index < -0.39 is 27.2 Å². The van der Waals surface area contributed by atoms with Crippen LogP contribution in [0.5, 0.6) is 5.75 Å². The molecule has 1 aromatic rings. The Balaban J connectivity index is 3.23. The molecule has 0 bridgehead atoms. The quantitative estimate of drug-likeness (QED) is 0.333. The summed E-state index contributed by atoms with van der Waals surface area (Å²) in [5.41, 5.74) is -1.02. The van der Waals surface area contributed by atoms with Crippen LogP contribution in [0.4, 0.5) is 11.4 Å². The van der Waals surface area contributed by atoms with Crippen LogP contribution in [0.3, 0.4) is 0 Å². The van der Waals surface area contributed by atoms with Crippen molar-refractivity contribution >= 4 is 17.3 Å². The zero-order valence-electron chi connectivity index (χ0n) is 8.08. The molecule has 0 heterocycles. The number of nitro benzene ring substituents is 2. The molecule has 0 amide bonds. The van der Waals surface area contributed by atoms with Crippen molar-refractivity contribution in [2.45, 2.75) is 6.92 Å². The number of ether oxygens (including phenoxy) is 1. The van der Waals surface area contributed by atoms with Gasteiger partial charge >= 0.3 is 5.97 Å². The van der Waals surface area contributed by atoms with Crippen LogP contribution >= 0.6 is 0 Å². The van der Waals surface area contributed by atoms with E-state index in [1.165, 1.54) is 0 Å². The fourth-order valence-corrected chi connectivity index (χ4v) is 1.00. The molecule has 0 aliphatic rings. The average molecular weight is 226 g/mol. The molecule has 0 spiro atoms. The average Bonchev–Trinajstić information content (AvgIpc) is 2.15. The van der Waals surface area contributed by atoms with E-state index in [1.54, 1.807) is 0 Å². The largest absolute Gasteiger partial charge is 0.426 e. The minimum Gasteiger partial charge on any atom is -0.426 e. The molecule has 0 fully saturated rings. The van der Waals surface area contributed by atoms with Gasteiger partial charge in [0, 0.05) is 6.92 Å². The number of benzene rings is 1. The second-order valence-corrected chi connectivity index (χ2v) is 2.79. The van der Waals surface area contributed by atoms with Gasteiger partial charge in [-0.15, -0.1) is 0 Å². The lowest BCUT2D eigenvalue weighted by Gasteiger charge is -2.00. The maximum Gasteiger partial charge on any atom is 0.308 e. The van der Waals surface area contributed by atoms with Crippen molar-refractivity contribution in [3.8, 4) is 5.75 Å². The van der Waals surface area contributed by atoms with Crippen molar-refractivity contribution in [3.63, 3.8) is 0 Å². The summed E-state index contributed by atoms with van der Waals surface area (Å²) in [6.45, 7) is 1.09. The van der Waals surface area contributed by atoms with Crippen molar-refractivity contribution in [2.24, 2.45) is 0 Å². The Morgan fingerprint density at radius 2 is 1.56 bits per heavy atom. The van der Waals surface area contributed by atoms with Gasteiger partial charge in [-0.05, 0) is 0 Å². The molecular formula is C8H6N2O6. The first-order valence-corrected chi connectivity index (χ1v) is 4.02. The molecule has 1 aromatic carbocycles. The lowest BCUT2D eigenvalue weighted by atomic mass is 10.2. The third-order valence-electron chi connectivity index (χ3n) is 1.56. The molecule has 0 saturated carbocycles. The molecular weight excluding hydrogens is 220 g/mol. The van der Waals surface area contributed by atoms with E-state index in [0.717, 1.165) is 25.1 Å². The van der Waals surface area contributed by atoms with E-state index in [2.05, 4.69) is 4.74 Å². The summed E-state index contributed by atoms with van der Waals surface area (Å²) in [5, 5.41) is 20.9. The van der Waals surface area contributed by atoms with Crippen molar-refractivity contribution < 1.29 is 19.4 Å². The highest BCUT2D eigenvalue weighted by Crippen LogP contribution is 2.27. The Labute approximate surface area is 88.7 Å². The van der Waals surface area contributed by atoms with Crippen LogP contribution < -0.4 is 4.74 Å². The Morgan fingerprint density at radius 1 is 1.12 bits per heavy atom. The number of esters is 1. The Bertz CT molecular complexity index is 437. The molecule has 8 nitrogen and oxygen atoms in total. The van der Waals surface area contributed by atoms with E-state index in [1.807, 2.05) is 0 Å². The number of hydrogen-bond donors (Lipinski definition) is 0. The normalized spacial score (nSPS) is 9.56. The van der Waals surface area contributed by atoms with Crippen LogP contribution in [0.2, 0.25) is 0 Å². The second-order valence-electron chi connectivity index (χ2n) is 2.79. The van der Waals surface area contributed by atoms with Crippen LogP contribution in [-0.2, 0) is 4.79 Å². The fraction of sp³-hybridized carbons (Fsp3) is 0.125. The molecule has 0 aliphatic heterocycles.